The Morgan fingerprint density at radius 1 is 0.852 bits per heavy atom. The van der Waals surface area contributed by atoms with Crippen LogP contribution in [0.15, 0.2) is 60.7 Å². The van der Waals surface area contributed by atoms with E-state index < -0.39 is 5.97 Å². The highest BCUT2D eigenvalue weighted by Gasteiger charge is 2.36. The Morgan fingerprint density at radius 3 is 2.11 bits per heavy atom. The summed E-state index contributed by atoms with van der Waals surface area (Å²) in [5, 5.41) is 9.38. The zero-order chi connectivity index (χ0) is 19.3. The predicted molar refractivity (Wildman–Crippen MR) is 106 cm³/mol. The number of carboxylic acids is 1. The maximum Gasteiger partial charge on any atom is 0.336 e. The van der Waals surface area contributed by atoms with Crippen LogP contribution < -0.4 is 5.46 Å². The molecule has 0 spiro atoms. The summed E-state index contributed by atoms with van der Waals surface area (Å²) in [5.74, 6) is -1.40. The van der Waals surface area contributed by atoms with Crippen molar-refractivity contribution in [1.29, 1.82) is 0 Å². The van der Waals surface area contributed by atoms with Gasteiger partial charge in [-0.05, 0) is 34.4 Å². The number of fused-ring (bicyclic) bond motifs is 3. The van der Waals surface area contributed by atoms with Gasteiger partial charge in [0.15, 0.2) is 5.78 Å². The van der Waals surface area contributed by atoms with E-state index in [4.69, 9.17) is 7.85 Å². The van der Waals surface area contributed by atoms with Crippen molar-refractivity contribution in [3.63, 3.8) is 0 Å². The quantitative estimate of drug-likeness (QED) is 0.577. The van der Waals surface area contributed by atoms with Gasteiger partial charge in [0, 0.05) is 16.5 Å². The first-order valence-corrected chi connectivity index (χ1v) is 8.72. The topological polar surface area (TPSA) is 54.4 Å². The maximum absolute atomic E-state index is 13.0. The van der Waals surface area contributed by atoms with Crippen LogP contribution in [-0.4, -0.2) is 24.7 Å². The lowest BCUT2D eigenvalue weighted by Gasteiger charge is -2.22. The molecule has 3 nitrogen and oxygen atoms in total. The largest absolute Gasteiger partial charge is 0.478 e. The first-order chi connectivity index (χ1) is 12.8. The first-order valence-electron chi connectivity index (χ1n) is 8.72. The summed E-state index contributed by atoms with van der Waals surface area (Å²) in [6.45, 7) is 4.22. The van der Waals surface area contributed by atoms with Crippen molar-refractivity contribution < 1.29 is 14.7 Å². The Hall–Kier alpha value is -3.14. The van der Waals surface area contributed by atoms with Gasteiger partial charge in [0.2, 0.25) is 0 Å². The molecular weight excluding hydrogens is 335 g/mol. The normalized spacial score (nSPS) is 13.7. The van der Waals surface area contributed by atoms with Crippen LogP contribution >= 0.6 is 0 Å². The van der Waals surface area contributed by atoms with Gasteiger partial charge in [-0.3, -0.25) is 4.79 Å². The lowest BCUT2D eigenvalue weighted by atomic mass is 9.79. The van der Waals surface area contributed by atoms with E-state index in [0.717, 1.165) is 22.3 Å². The van der Waals surface area contributed by atoms with Crippen molar-refractivity contribution in [3.8, 4) is 11.1 Å². The molecule has 4 heteroatoms. The molecule has 27 heavy (non-hydrogen) atoms. The fourth-order valence-corrected chi connectivity index (χ4v) is 3.92. The molecule has 0 saturated carbocycles. The monoisotopic (exact) mass is 352 g/mol. The highest BCUT2D eigenvalue weighted by Crippen LogP contribution is 2.48. The third-order valence-corrected chi connectivity index (χ3v) is 5.36. The average Bonchev–Trinajstić information content (AvgIpc) is 2.88. The molecule has 1 aliphatic carbocycles. The Kier molecular flexibility index (Phi) is 3.81. The van der Waals surface area contributed by atoms with Crippen molar-refractivity contribution in [2.75, 3.05) is 0 Å². The van der Waals surface area contributed by atoms with E-state index in [-0.39, 0.29) is 22.3 Å². The molecule has 0 amide bonds. The van der Waals surface area contributed by atoms with Crippen LogP contribution in [0.3, 0.4) is 0 Å². The second-order valence-corrected chi connectivity index (χ2v) is 7.37. The van der Waals surface area contributed by atoms with Crippen LogP contribution in [0, 0.1) is 0 Å². The number of carbonyl (C=O) groups is 2. The van der Waals surface area contributed by atoms with Crippen LogP contribution in [0.2, 0.25) is 0 Å². The fraction of sp³-hybridized carbons (Fsp3) is 0.130. The average molecular weight is 352 g/mol. The molecule has 0 atom stereocenters. The van der Waals surface area contributed by atoms with E-state index in [1.807, 2.05) is 30.3 Å². The Bertz CT molecular complexity index is 1110. The van der Waals surface area contributed by atoms with Crippen LogP contribution in [0.5, 0.6) is 0 Å². The van der Waals surface area contributed by atoms with Gasteiger partial charge in [-0.25, -0.2) is 4.79 Å². The van der Waals surface area contributed by atoms with Gasteiger partial charge in [0.25, 0.3) is 0 Å². The number of carbonyl (C=O) groups excluding carboxylic acids is 1. The number of aromatic carboxylic acids is 1. The first kappa shape index (κ1) is 17.3. The number of hydrogen-bond acceptors (Lipinski definition) is 2. The van der Waals surface area contributed by atoms with Crippen LogP contribution in [0.25, 0.3) is 11.1 Å². The van der Waals surface area contributed by atoms with E-state index in [1.165, 1.54) is 6.07 Å². The summed E-state index contributed by atoms with van der Waals surface area (Å²) in [7, 11) is 5.98. The lowest BCUT2D eigenvalue weighted by molar-refractivity contribution is 0.0693. The predicted octanol–water partition coefficient (Wildman–Crippen LogP) is 3.72. The highest BCUT2D eigenvalue weighted by molar-refractivity contribution is 6.32. The standard InChI is InChI=1S/C23H17BO3/c1-23(2)19-11-13(21(25)17-5-3-4-6-18(17)22(26)27)7-9-15(19)16-10-8-14(24)12-20(16)23/h3-12H,1-2H3,(H,26,27). The van der Waals surface area contributed by atoms with Gasteiger partial charge < -0.3 is 5.11 Å². The Balaban J connectivity index is 1.84. The molecular formula is C23H17BO3. The third kappa shape index (κ3) is 2.60. The lowest BCUT2D eigenvalue weighted by Crippen LogP contribution is -2.18. The van der Waals surface area contributed by atoms with E-state index >= 15 is 0 Å². The molecule has 3 aromatic carbocycles. The molecule has 1 N–H and O–H groups in total. The van der Waals surface area contributed by atoms with Crippen molar-refractivity contribution in [1.82, 2.24) is 0 Å². The minimum absolute atomic E-state index is 0.0123. The van der Waals surface area contributed by atoms with Gasteiger partial charge in [-0.2, -0.15) is 0 Å². The second-order valence-electron chi connectivity index (χ2n) is 7.37. The van der Waals surface area contributed by atoms with E-state index in [0.29, 0.717) is 11.0 Å². The summed E-state index contributed by atoms with van der Waals surface area (Å²) in [5.41, 5.74) is 5.49. The minimum atomic E-state index is -1.11. The van der Waals surface area contributed by atoms with Gasteiger partial charge in [-0.15, -0.1) is 0 Å². The van der Waals surface area contributed by atoms with Gasteiger partial charge in [-0.1, -0.05) is 67.8 Å². The molecule has 0 bridgehead atoms. The molecule has 3 aromatic rings. The molecule has 0 fully saturated rings. The van der Waals surface area contributed by atoms with Crippen molar-refractivity contribution in [3.05, 3.63) is 88.5 Å². The van der Waals surface area contributed by atoms with E-state index in [2.05, 4.69) is 13.8 Å². The molecule has 1 aliphatic rings. The minimum Gasteiger partial charge on any atom is -0.478 e. The van der Waals surface area contributed by atoms with Crippen LogP contribution in [0.1, 0.15) is 51.3 Å². The molecule has 130 valence electrons. The van der Waals surface area contributed by atoms with E-state index in [1.54, 1.807) is 24.3 Å². The summed E-state index contributed by atoms with van der Waals surface area (Å²) in [6.07, 6.45) is 0. The number of carboxylic acid groups (broad SMARTS) is 1. The SMILES string of the molecule is [B]c1ccc2c(c1)C(C)(C)c1cc(C(=O)c3ccccc3C(=O)O)ccc1-2. The fourth-order valence-electron chi connectivity index (χ4n) is 3.92. The Morgan fingerprint density at radius 2 is 1.44 bits per heavy atom. The molecule has 4 rings (SSSR count). The molecule has 0 heterocycles. The van der Waals surface area contributed by atoms with Crippen molar-refractivity contribution in [2.24, 2.45) is 0 Å². The van der Waals surface area contributed by atoms with E-state index in [9.17, 15) is 14.7 Å². The molecule has 0 saturated heterocycles. The molecule has 0 aliphatic heterocycles. The van der Waals surface area contributed by atoms with Gasteiger partial charge in [0.1, 0.15) is 7.85 Å². The number of benzene rings is 3. The summed E-state index contributed by atoms with van der Waals surface area (Å²) >= 11 is 0. The van der Waals surface area contributed by atoms with Crippen molar-refractivity contribution in [2.45, 2.75) is 19.3 Å². The summed E-state index contributed by atoms with van der Waals surface area (Å²) in [6, 6.07) is 17.8. The highest BCUT2D eigenvalue weighted by atomic mass is 16.4. The number of hydrogen-bond donors (Lipinski definition) is 1. The van der Waals surface area contributed by atoms with Crippen molar-refractivity contribution >= 4 is 25.1 Å². The van der Waals surface area contributed by atoms with Gasteiger partial charge in [0.05, 0.1) is 5.56 Å². The summed E-state index contributed by atoms with van der Waals surface area (Å²) < 4.78 is 0. The zero-order valence-corrected chi connectivity index (χ0v) is 15.1. The Labute approximate surface area is 159 Å². The molecule has 0 unspecified atom stereocenters. The van der Waals surface area contributed by atoms with Crippen LogP contribution in [-0.2, 0) is 5.41 Å². The molecule has 2 radical (unpaired) electrons. The van der Waals surface area contributed by atoms with Crippen LogP contribution in [0.4, 0.5) is 0 Å². The zero-order valence-electron chi connectivity index (χ0n) is 15.1. The van der Waals surface area contributed by atoms with Gasteiger partial charge >= 0.3 is 5.97 Å². The second kappa shape index (κ2) is 5.95. The summed E-state index contributed by atoms with van der Waals surface area (Å²) in [4.78, 5) is 24.5. The molecule has 0 aromatic heterocycles. The maximum atomic E-state index is 13.0. The smallest absolute Gasteiger partial charge is 0.336 e. The third-order valence-electron chi connectivity index (χ3n) is 5.36. The number of rotatable bonds is 3. The number of ketones is 1.